The predicted octanol–water partition coefficient (Wildman–Crippen LogP) is 2.61. The summed E-state index contributed by atoms with van der Waals surface area (Å²) >= 11 is 0. The zero-order valence-electron chi connectivity index (χ0n) is 21.9. The smallest absolute Gasteiger partial charge is 0.342 e. The maximum absolute atomic E-state index is 13.8. The molecule has 37 heavy (non-hydrogen) atoms. The van der Waals surface area contributed by atoms with Crippen LogP contribution < -0.4 is 19.7 Å². The lowest BCUT2D eigenvalue weighted by Gasteiger charge is -2.56. The van der Waals surface area contributed by atoms with E-state index in [1.165, 1.54) is 14.0 Å². The van der Waals surface area contributed by atoms with Crippen LogP contribution in [0.25, 0.3) is 0 Å². The second-order valence-corrected chi connectivity index (χ2v) is 11.9. The van der Waals surface area contributed by atoms with Crippen molar-refractivity contribution in [2.45, 2.75) is 75.7 Å². The minimum Gasteiger partial charge on any atom is -0.477 e. The number of methoxy groups -OCH3 is 1. The number of hydrogen-bond donors (Lipinski definition) is 3. The number of ketones is 1. The van der Waals surface area contributed by atoms with E-state index in [9.17, 15) is 19.3 Å². The number of aliphatic hydroxyl groups is 1. The number of carbonyl (C=O) groups is 2. The summed E-state index contributed by atoms with van der Waals surface area (Å²) in [7, 11) is -2.39. The van der Waals surface area contributed by atoms with Crippen molar-refractivity contribution in [2.75, 3.05) is 26.6 Å². The molecule has 1 aromatic rings. The van der Waals surface area contributed by atoms with E-state index in [0.29, 0.717) is 31.6 Å². The van der Waals surface area contributed by atoms with E-state index in [-0.39, 0.29) is 37.0 Å². The standard InChI is InChI=1S/C26H37N2O8P/c1-6-13-27-20-14-17-9-10-19(36-37(32,15-33-5)28-16(4)24(30)34-8-3)22-21(17)25(7-2)23(35-22)18(29)11-12-26(20,25)31/h6,9-10,16,20,23,27,31H,1,7-8,11-15H2,2-5H3,(H,28,32)/t16-,20+,23-,25-,26+,37?/m0/s1. The van der Waals surface area contributed by atoms with Gasteiger partial charge in [-0.05, 0) is 44.7 Å². The first-order valence-electron chi connectivity index (χ1n) is 12.7. The van der Waals surface area contributed by atoms with Gasteiger partial charge in [-0.1, -0.05) is 19.1 Å². The van der Waals surface area contributed by atoms with E-state index in [0.717, 1.165) is 11.1 Å². The van der Waals surface area contributed by atoms with E-state index >= 15 is 0 Å². The summed E-state index contributed by atoms with van der Waals surface area (Å²) in [5.74, 6) is -0.184. The summed E-state index contributed by atoms with van der Waals surface area (Å²) in [6, 6.07) is 2.31. The van der Waals surface area contributed by atoms with Crippen molar-refractivity contribution in [1.82, 2.24) is 10.4 Å². The molecule has 0 radical (unpaired) electrons. The van der Waals surface area contributed by atoms with Crippen molar-refractivity contribution in [3.63, 3.8) is 0 Å². The highest BCUT2D eigenvalue weighted by molar-refractivity contribution is 7.57. The van der Waals surface area contributed by atoms with Crippen molar-refractivity contribution in [3.05, 3.63) is 35.9 Å². The molecule has 0 bridgehead atoms. The number of ether oxygens (including phenoxy) is 3. The van der Waals surface area contributed by atoms with Gasteiger partial charge in [-0.3, -0.25) is 14.2 Å². The van der Waals surface area contributed by atoms with Crippen LogP contribution in [0.15, 0.2) is 24.8 Å². The summed E-state index contributed by atoms with van der Waals surface area (Å²) in [6.45, 7) is 9.64. The first-order chi connectivity index (χ1) is 17.6. The van der Waals surface area contributed by atoms with Crippen molar-refractivity contribution < 1.29 is 38.0 Å². The SMILES string of the molecule is C=CCN[C@@H]1Cc2ccc(OP(=O)(COC)N[C@@H](C)C(=O)OCC)c3c2[C@@]2(CC)[C@@H](O3)C(=O)CC[C@@]12O. The highest BCUT2D eigenvalue weighted by Gasteiger charge is 2.70. The molecule has 11 heteroatoms. The second-order valence-electron chi connectivity index (χ2n) is 9.88. The van der Waals surface area contributed by atoms with Crippen LogP contribution in [0.4, 0.5) is 0 Å². The topological polar surface area (TPSA) is 132 Å². The zero-order valence-corrected chi connectivity index (χ0v) is 22.8. The van der Waals surface area contributed by atoms with Crippen molar-refractivity contribution in [1.29, 1.82) is 0 Å². The molecule has 1 saturated carbocycles. The minimum absolute atomic E-state index is 0.0851. The van der Waals surface area contributed by atoms with Gasteiger partial charge >= 0.3 is 13.5 Å². The molecule has 6 atom stereocenters. The van der Waals surface area contributed by atoms with Crippen LogP contribution >= 0.6 is 7.52 Å². The van der Waals surface area contributed by atoms with Crippen LogP contribution in [-0.2, 0) is 35.5 Å². The molecule has 1 aromatic carbocycles. The lowest BCUT2D eigenvalue weighted by molar-refractivity contribution is -0.158. The van der Waals surface area contributed by atoms with Gasteiger partial charge in [0.1, 0.15) is 12.4 Å². The predicted molar refractivity (Wildman–Crippen MR) is 137 cm³/mol. The first-order valence-corrected chi connectivity index (χ1v) is 14.6. The number of carbonyl (C=O) groups excluding carboxylic acids is 2. The highest BCUT2D eigenvalue weighted by atomic mass is 31.2. The van der Waals surface area contributed by atoms with Crippen LogP contribution in [0.1, 0.15) is 51.2 Å². The van der Waals surface area contributed by atoms with E-state index in [4.69, 9.17) is 18.7 Å². The second kappa shape index (κ2) is 10.5. The quantitative estimate of drug-likeness (QED) is 0.208. The van der Waals surface area contributed by atoms with E-state index in [2.05, 4.69) is 17.0 Å². The average molecular weight is 537 g/mol. The number of nitrogens with one attached hydrogen (secondary N) is 2. The molecule has 1 heterocycles. The number of esters is 1. The van der Waals surface area contributed by atoms with Gasteiger partial charge in [0.05, 0.1) is 17.6 Å². The van der Waals surface area contributed by atoms with Crippen LogP contribution in [-0.4, -0.2) is 67.3 Å². The molecule has 1 aliphatic heterocycles. The van der Waals surface area contributed by atoms with Gasteiger partial charge in [-0.2, -0.15) is 0 Å². The molecule has 3 N–H and O–H groups in total. The third kappa shape index (κ3) is 4.42. The highest BCUT2D eigenvalue weighted by Crippen LogP contribution is 2.63. The number of rotatable bonds is 12. The fourth-order valence-electron chi connectivity index (χ4n) is 6.30. The Balaban J connectivity index is 1.78. The Kier molecular flexibility index (Phi) is 7.89. The number of benzene rings is 1. The Morgan fingerprint density at radius 2 is 2.16 bits per heavy atom. The van der Waals surface area contributed by atoms with Gasteiger partial charge in [0.15, 0.2) is 23.4 Å². The fourth-order valence-corrected chi connectivity index (χ4v) is 7.97. The summed E-state index contributed by atoms with van der Waals surface area (Å²) in [5, 5.41) is 18.4. The maximum atomic E-state index is 13.8. The Morgan fingerprint density at radius 1 is 1.41 bits per heavy atom. The molecule has 0 spiro atoms. The van der Waals surface area contributed by atoms with Gasteiger partial charge < -0.3 is 29.2 Å². The molecule has 0 amide bonds. The maximum Gasteiger partial charge on any atom is 0.342 e. The van der Waals surface area contributed by atoms with Gasteiger partial charge in [0, 0.05) is 31.7 Å². The van der Waals surface area contributed by atoms with Gasteiger partial charge in [0.2, 0.25) is 0 Å². The lowest BCUT2D eigenvalue weighted by Crippen LogP contribution is -2.72. The Bertz CT molecular complexity index is 1130. The molecule has 0 aromatic heterocycles. The summed E-state index contributed by atoms with van der Waals surface area (Å²) in [5.41, 5.74) is -0.567. The molecule has 10 nitrogen and oxygen atoms in total. The molecule has 1 fully saturated rings. The van der Waals surface area contributed by atoms with Crippen LogP contribution in [0.5, 0.6) is 11.5 Å². The Labute approximate surface area is 217 Å². The van der Waals surface area contributed by atoms with Crippen molar-refractivity contribution in [2.24, 2.45) is 0 Å². The van der Waals surface area contributed by atoms with E-state index in [1.54, 1.807) is 19.1 Å². The molecule has 2 aliphatic carbocycles. The molecule has 1 unspecified atom stereocenters. The third-order valence-electron chi connectivity index (χ3n) is 7.80. The van der Waals surface area contributed by atoms with E-state index < -0.39 is 36.7 Å². The first kappa shape index (κ1) is 27.8. The summed E-state index contributed by atoms with van der Waals surface area (Å²) < 4.78 is 36.3. The van der Waals surface area contributed by atoms with E-state index in [1.807, 2.05) is 13.0 Å². The van der Waals surface area contributed by atoms with Crippen molar-refractivity contribution in [3.8, 4) is 11.5 Å². The molecule has 204 valence electrons. The molecular weight excluding hydrogens is 499 g/mol. The molecule has 4 rings (SSSR count). The number of Topliss-reactive ketones (excluding diaryl/α,β-unsaturated/α-hetero) is 1. The zero-order chi connectivity index (χ0) is 27.0. The fraction of sp³-hybridized carbons (Fsp3) is 0.615. The van der Waals surface area contributed by atoms with Crippen LogP contribution in [0.3, 0.4) is 0 Å². The Morgan fingerprint density at radius 3 is 2.81 bits per heavy atom. The van der Waals surface area contributed by atoms with Gasteiger partial charge in [0.25, 0.3) is 0 Å². The Hall–Kier alpha value is -2.23. The largest absolute Gasteiger partial charge is 0.477 e. The van der Waals surface area contributed by atoms with Gasteiger partial charge in [-0.15, -0.1) is 6.58 Å². The van der Waals surface area contributed by atoms with Crippen LogP contribution in [0.2, 0.25) is 0 Å². The molecule has 3 aliphatic rings. The third-order valence-corrected chi connectivity index (χ3v) is 9.67. The van der Waals surface area contributed by atoms with Gasteiger partial charge in [-0.25, -0.2) is 5.09 Å². The van der Waals surface area contributed by atoms with Crippen molar-refractivity contribution >= 4 is 19.3 Å². The minimum atomic E-state index is -3.77. The normalized spacial score (nSPS) is 30.0. The van der Waals surface area contributed by atoms with Crippen LogP contribution in [0, 0.1) is 0 Å². The average Bonchev–Trinajstić information content (AvgIpc) is 3.24. The summed E-state index contributed by atoms with van der Waals surface area (Å²) in [4.78, 5) is 25.4. The monoisotopic (exact) mass is 536 g/mol. The summed E-state index contributed by atoms with van der Waals surface area (Å²) in [6.07, 6.45) is 2.02. The molecular formula is C26H37N2O8P. The number of hydrogen-bond acceptors (Lipinski definition) is 9. The molecule has 0 saturated heterocycles. The lowest BCUT2D eigenvalue weighted by atomic mass is 9.51.